The van der Waals surface area contributed by atoms with Gasteiger partial charge < -0.3 is 5.11 Å². The summed E-state index contributed by atoms with van der Waals surface area (Å²) < 4.78 is 26.3. The van der Waals surface area contributed by atoms with Gasteiger partial charge in [0.05, 0.1) is 5.69 Å². The first-order valence-electron chi connectivity index (χ1n) is 5.20. The maximum absolute atomic E-state index is 12.0. The lowest BCUT2D eigenvalue weighted by Crippen LogP contribution is -2.13. The van der Waals surface area contributed by atoms with E-state index in [9.17, 15) is 13.5 Å². The summed E-state index contributed by atoms with van der Waals surface area (Å²) in [5.74, 6) is -0.173. The molecule has 0 spiro atoms. The van der Waals surface area contributed by atoms with Crippen LogP contribution in [0.1, 0.15) is 5.69 Å². The standard InChI is InChI=1S/C12H9N3O3S/c13-7-9-5-6-10(8-14-9)19(17,18)15-11-3-1-2-4-12(11)16/h1-6,8,15-16H. The molecular formula is C12H9N3O3S. The van der Waals surface area contributed by atoms with E-state index in [1.165, 1.54) is 24.3 Å². The van der Waals surface area contributed by atoms with E-state index in [1.807, 2.05) is 0 Å². The molecule has 1 heterocycles. The second-order valence-corrected chi connectivity index (χ2v) is 5.30. The maximum atomic E-state index is 12.0. The lowest BCUT2D eigenvalue weighted by Gasteiger charge is -2.08. The first-order valence-corrected chi connectivity index (χ1v) is 6.68. The summed E-state index contributed by atoms with van der Waals surface area (Å²) in [6.07, 6.45) is 1.08. The number of nitrogens with one attached hydrogen (secondary N) is 1. The van der Waals surface area contributed by atoms with Gasteiger partial charge >= 0.3 is 0 Å². The highest BCUT2D eigenvalue weighted by Gasteiger charge is 2.16. The van der Waals surface area contributed by atoms with Crippen LogP contribution in [0.4, 0.5) is 5.69 Å². The summed E-state index contributed by atoms with van der Waals surface area (Å²) in [6, 6.07) is 10.4. The Morgan fingerprint density at radius 3 is 2.53 bits per heavy atom. The largest absolute Gasteiger partial charge is 0.506 e. The fraction of sp³-hybridized carbons (Fsp3) is 0. The normalized spacial score (nSPS) is 10.7. The van der Waals surface area contributed by atoms with E-state index in [1.54, 1.807) is 18.2 Å². The highest BCUT2D eigenvalue weighted by atomic mass is 32.2. The number of aromatic hydroxyl groups is 1. The summed E-state index contributed by atoms with van der Waals surface area (Å²) in [7, 11) is -3.84. The molecule has 0 saturated carbocycles. The number of para-hydroxylation sites is 2. The Bertz CT molecular complexity index is 734. The third kappa shape index (κ3) is 2.81. The van der Waals surface area contributed by atoms with Crippen LogP contribution in [0.3, 0.4) is 0 Å². The van der Waals surface area contributed by atoms with Gasteiger partial charge in [-0.05, 0) is 24.3 Å². The zero-order valence-corrected chi connectivity index (χ0v) is 10.4. The first-order chi connectivity index (χ1) is 9.03. The van der Waals surface area contributed by atoms with E-state index in [-0.39, 0.29) is 22.0 Å². The van der Waals surface area contributed by atoms with Crippen LogP contribution in [0.25, 0.3) is 0 Å². The van der Waals surface area contributed by atoms with Crippen molar-refractivity contribution in [2.75, 3.05) is 4.72 Å². The number of anilines is 1. The molecule has 0 aliphatic heterocycles. The van der Waals surface area contributed by atoms with Crippen LogP contribution in [0.2, 0.25) is 0 Å². The number of hydrogen-bond acceptors (Lipinski definition) is 5. The predicted octanol–water partition coefficient (Wildman–Crippen LogP) is 1.46. The molecule has 2 aromatic rings. The van der Waals surface area contributed by atoms with E-state index in [0.717, 1.165) is 6.20 Å². The Morgan fingerprint density at radius 1 is 1.21 bits per heavy atom. The van der Waals surface area contributed by atoms with E-state index in [0.29, 0.717) is 0 Å². The van der Waals surface area contributed by atoms with Gasteiger partial charge in [-0.15, -0.1) is 0 Å². The average molecular weight is 275 g/mol. The van der Waals surface area contributed by atoms with Gasteiger partial charge in [-0.25, -0.2) is 13.4 Å². The number of rotatable bonds is 3. The molecule has 1 aromatic heterocycles. The molecule has 0 aliphatic carbocycles. The molecule has 0 atom stereocenters. The van der Waals surface area contributed by atoms with Crippen molar-refractivity contribution in [3.63, 3.8) is 0 Å². The van der Waals surface area contributed by atoms with Gasteiger partial charge in [-0.1, -0.05) is 12.1 Å². The molecule has 96 valence electrons. The molecule has 0 saturated heterocycles. The molecule has 0 radical (unpaired) electrons. The Hall–Kier alpha value is -2.59. The minimum absolute atomic E-state index is 0.0758. The number of pyridine rings is 1. The average Bonchev–Trinajstić information content (AvgIpc) is 2.41. The lowest BCUT2D eigenvalue weighted by molar-refractivity contribution is 0.477. The number of nitrogens with zero attached hydrogens (tertiary/aromatic N) is 2. The zero-order valence-electron chi connectivity index (χ0n) is 9.61. The van der Waals surface area contributed by atoms with Crippen molar-refractivity contribution in [2.45, 2.75) is 4.90 Å². The number of benzene rings is 1. The molecule has 0 unspecified atom stereocenters. The molecule has 2 rings (SSSR count). The van der Waals surface area contributed by atoms with Crippen LogP contribution in [0, 0.1) is 11.3 Å². The Kier molecular flexibility index (Phi) is 3.35. The Morgan fingerprint density at radius 2 is 1.95 bits per heavy atom. The molecular weight excluding hydrogens is 266 g/mol. The van der Waals surface area contributed by atoms with Gasteiger partial charge in [0.25, 0.3) is 10.0 Å². The molecule has 7 heteroatoms. The number of aromatic nitrogens is 1. The maximum Gasteiger partial charge on any atom is 0.263 e. The highest BCUT2D eigenvalue weighted by molar-refractivity contribution is 7.92. The Balaban J connectivity index is 2.33. The SMILES string of the molecule is N#Cc1ccc(S(=O)(=O)Nc2ccccc2O)cn1. The molecule has 1 aromatic carbocycles. The highest BCUT2D eigenvalue weighted by Crippen LogP contribution is 2.24. The van der Waals surface area contributed by atoms with Crippen molar-refractivity contribution in [3.05, 3.63) is 48.3 Å². The predicted molar refractivity (Wildman–Crippen MR) is 67.9 cm³/mol. The molecule has 0 bridgehead atoms. The smallest absolute Gasteiger partial charge is 0.263 e. The van der Waals surface area contributed by atoms with Crippen molar-refractivity contribution in [2.24, 2.45) is 0 Å². The van der Waals surface area contributed by atoms with Crippen LogP contribution in [0.15, 0.2) is 47.5 Å². The minimum Gasteiger partial charge on any atom is -0.506 e. The van der Waals surface area contributed by atoms with Gasteiger partial charge in [0.15, 0.2) is 0 Å². The third-order valence-corrected chi connectivity index (χ3v) is 3.66. The number of sulfonamides is 1. The molecule has 0 fully saturated rings. The second-order valence-electron chi connectivity index (χ2n) is 3.61. The summed E-state index contributed by atoms with van der Waals surface area (Å²) in [5, 5.41) is 18.1. The van der Waals surface area contributed by atoms with Crippen LogP contribution in [-0.4, -0.2) is 18.5 Å². The number of hydrogen-bond donors (Lipinski definition) is 2. The fourth-order valence-electron chi connectivity index (χ4n) is 1.37. The van der Waals surface area contributed by atoms with Crippen molar-refractivity contribution in [1.29, 1.82) is 5.26 Å². The monoisotopic (exact) mass is 275 g/mol. The van der Waals surface area contributed by atoms with Crippen LogP contribution in [-0.2, 0) is 10.0 Å². The van der Waals surface area contributed by atoms with E-state index in [4.69, 9.17) is 5.26 Å². The quantitative estimate of drug-likeness (QED) is 0.825. The van der Waals surface area contributed by atoms with Gasteiger partial charge in [-0.3, -0.25) is 4.72 Å². The minimum atomic E-state index is -3.84. The molecule has 6 nitrogen and oxygen atoms in total. The number of phenolic OH excluding ortho intramolecular Hbond substituents is 1. The topological polar surface area (TPSA) is 103 Å². The van der Waals surface area contributed by atoms with Gasteiger partial charge in [0.2, 0.25) is 0 Å². The van der Waals surface area contributed by atoms with Crippen LogP contribution < -0.4 is 4.72 Å². The van der Waals surface area contributed by atoms with Crippen molar-refractivity contribution >= 4 is 15.7 Å². The van der Waals surface area contributed by atoms with Crippen molar-refractivity contribution in [1.82, 2.24) is 4.98 Å². The third-order valence-electron chi connectivity index (χ3n) is 2.31. The molecule has 19 heavy (non-hydrogen) atoms. The van der Waals surface area contributed by atoms with E-state index < -0.39 is 10.0 Å². The first kappa shape index (κ1) is 12.9. The molecule has 0 aliphatic rings. The summed E-state index contributed by atoms with van der Waals surface area (Å²) in [5.41, 5.74) is 0.202. The van der Waals surface area contributed by atoms with E-state index >= 15 is 0 Å². The zero-order chi connectivity index (χ0) is 13.9. The van der Waals surface area contributed by atoms with Gasteiger partial charge in [0.1, 0.15) is 22.4 Å². The summed E-state index contributed by atoms with van der Waals surface area (Å²) >= 11 is 0. The lowest BCUT2D eigenvalue weighted by atomic mass is 10.3. The van der Waals surface area contributed by atoms with Crippen LogP contribution >= 0.6 is 0 Å². The number of nitriles is 1. The Labute approximate surface area is 110 Å². The van der Waals surface area contributed by atoms with E-state index in [2.05, 4.69) is 9.71 Å². The van der Waals surface area contributed by atoms with Crippen molar-refractivity contribution in [3.8, 4) is 11.8 Å². The van der Waals surface area contributed by atoms with Crippen molar-refractivity contribution < 1.29 is 13.5 Å². The molecule has 0 amide bonds. The summed E-state index contributed by atoms with van der Waals surface area (Å²) in [6.45, 7) is 0. The molecule has 2 N–H and O–H groups in total. The number of phenols is 1. The summed E-state index contributed by atoms with van der Waals surface area (Å²) in [4.78, 5) is 3.60. The van der Waals surface area contributed by atoms with Gasteiger partial charge in [0, 0.05) is 6.20 Å². The second kappa shape index (κ2) is 4.96. The fourth-order valence-corrected chi connectivity index (χ4v) is 2.39. The van der Waals surface area contributed by atoms with Gasteiger partial charge in [-0.2, -0.15) is 5.26 Å². The van der Waals surface area contributed by atoms with Crippen LogP contribution in [0.5, 0.6) is 5.75 Å².